The molecular weight excluding hydrogens is 282 g/mol. The molecule has 0 bridgehead atoms. The van der Waals surface area contributed by atoms with Crippen LogP contribution in [0.15, 0.2) is 18.2 Å². The van der Waals surface area contributed by atoms with E-state index in [1.54, 1.807) is 4.90 Å². The van der Waals surface area contributed by atoms with Gasteiger partial charge in [0.25, 0.3) is 5.91 Å². The van der Waals surface area contributed by atoms with E-state index in [0.717, 1.165) is 15.6 Å². The van der Waals surface area contributed by atoms with Crippen LogP contribution in [0, 0.1) is 24.2 Å². The van der Waals surface area contributed by atoms with Crippen molar-refractivity contribution in [3.63, 3.8) is 0 Å². The summed E-state index contributed by atoms with van der Waals surface area (Å²) in [6, 6.07) is 8.07. The number of amides is 1. The van der Waals surface area contributed by atoms with Crippen LogP contribution >= 0.6 is 11.3 Å². The summed E-state index contributed by atoms with van der Waals surface area (Å²) in [5, 5.41) is 9.86. The molecule has 4 nitrogen and oxygen atoms in total. The molecule has 1 aromatic carbocycles. The van der Waals surface area contributed by atoms with Crippen molar-refractivity contribution >= 4 is 33.0 Å². The molecule has 1 unspecified atom stereocenters. The Morgan fingerprint density at radius 2 is 2.24 bits per heavy atom. The van der Waals surface area contributed by atoms with E-state index >= 15 is 0 Å². The third kappa shape index (κ3) is 2.86. The zero-order valence-electron chi connectivity index (χ0n) is 12.5. The average molecular weight is 301 g/mol. The highest BCUT2D eigenvalue weighted by Crippen LogP contribution is 2.36. The third-order valence-electron chi connectivity index (χ3n) is 3.53. The Hall–Kier alpha value is -2.06. The van der Waals surface area contributed by atoms with Crippen LogP contribution in [0.2, 0.25) is 0 Å². The molecule has 1 aromatic heterocycles. The predicted octanol–water partition coefficient (Wildman–Crippen LogP) is 3.41. The summed E-state index contributed by atoms with van der Waals surface area (Å²) in [5.41, 5.74) is 7.83. The topological polar surface area (TPSA) is 70.1 Å². The summed E-state index contributed by atoms with van der Waals surface area (Å²) >= 11 is 1.44. The Morgan fingerprint density at radius 3 is 2.81 bits per heavy atom. The first-order chi connectivity index (χ1) is 9.99. The molecule has 21 heavy (non-hydrogen) atoms. The van der Waals surface area contributed by atoms with E-state index in [1.165, 1.54) is 11.3 Å². The average Bonchev–Trinajstić information content (AvgIpc) is 2.82. The number of carbonyl (C=O) groups excluding carboxylic acids is 1. The Morgan fingerprint density at radius 1 is 1.52 bits per heavy atom. The van der Waals surface area contributed by atoms with Gasteiger partial charge < -0.3 is 10.6 Å². The fourth-order valence-electron chi connectivity index (χ4n) is 2.31. The number of hydrogen-bond donors (Lipinski definition) is 1. The van der Waals surface area contributed by atoms with Crippen LogP contribution in [-0.2, 0) is 0 Å². The number of carbonyl (C=O) groups is 1. The number of rotatable bonds is 4. The fourth-order valence-corrected chi connectivity index (χ4v) is 3.47. The van der Waals surface area contributed by atoms with E-state index in [1.807, 2.05) is 39.0 Å². The monoisotopic (exact) mass is 301 g/mol. The van der Waals surface area contributed by atoms with Crippen LogP contribution < -0.4 is 5.73 Å². The van der Waals surface area contributed by atoms with E-state index in [9.17, 15) is 4.79 Å². The molecule has 0 aliphatic heterocycles. The largest absolute Gasteiger partial charge is 0.397 e. The zero-order chi connectivity index (χ0) is 15.6. The molecule has 0 aliphatic carbocycles. The van der Waals surface area contributed by atoms with E-state index < -0.39 is 0 Å². The van der Waals surface area contributed by atoms with Gasteiger partial charge in [-0.15, -0.1) is 11.3 Å². The molecular formula is C16H19N3OS. The number of benzene rings is 1. The number of thiophene rings is 1. The molecule has 0 radical (unpaired) electrons. The van der Waals surface area contributed by atoms with Gasteiger partial charge in [-0.3, -0.25) is 4.79 Å². The molecule has 1 atom stereocenters. The van der Waals surface area contributed by atoms with Crippen molar-refractivity contribution in [3.05, 3.63) is 28.6 Å². The van der Waals surface area contributed by atoms with Crippen molar-refractivity contribution in [2.24, 2.45) is 5.92 Å². The number of nitriles is 1. The highest BCUT2D eigenvalue weighted by Gasteiger charge is 2.22. The van der Waals surface area contributed by atoms with E-state index in [4.69, 9.17) is 11.0 Å². The number of nitrogens with two attached hydrogens (primary N) is 1. The molecule has 1 amide bonds. The third-order valence-corrected chi connectivity index (χ3v) is 4.87. The minimum Gasteiger partial charge on any atom is -0.397 e. The first-order valence-corrected chi connectivity index (χ1v) is 7.77. The summed E-state index contributed by atoms with van der Waals surface area (Å²) < 4.78 is 1.06. The maximum atomic E-state index is 12.7. The normalized spacial score (nSPS) is 12.1. The van der Waals surface area contributed by atoms with E-state index in [-0.39, 0.29) is 11.8 Å². The maximum absolute atomic E-state index is 12.7. The lowest BCUT2D eigenvalue weighted by atomic mass is 10.1. The number of fused-ring (bicyclic) bond motifs is 1. The molecule has 0 saturated carbocycles. The number of nitrogen functional groups attached to an aromatic ring is 1. The van der Waals surface area contributed by atoms with Crippen molar-refractivity contribution in [1.82, 2.24) is 4.90 Å². The van der Waals surface area contributed by atoms with Crippen LogP contribution in [-0.4, -0.2) is 23.9 Å². The molecule has 0 spiro atoms. The first kappa shape index (κ1) is 15.3. The number of hydrogen-bond acceptors (Lipinski definition) is 4. The molecule has 2 rings (SSSR count). The smallest absolute Gasteiger partial charge is 0.266 e. The molecule has 5 heteroatoms. The van der Waals surface area contributed by atoms with Gasteiger partial charge in [0.15, 0.2) is 0 Å². The SMILES string of the molecule is CCN(CC(C)C#N)C(=O)c1sc2c(C)cccc2c1N. The predicted molar refractivity (Wildman–Crippen MR) is 87.3 cm³/mol. The van der Waals surface area contributed by atoms with Crippen molar-refractivity contribution < 1.29 is 4.79 Å². The van der Waals surface area contributed by atoms with Crippen LogP contribution in [0.1, 0.15) is 29.1 Å². The Labute approximate surface area is 128 Å². The van der Waals surface area contributed by atoms with Gasteiger partial charge in [-0.2, -0.15) is 5.26 Å². The Kier molecular flexibility index (Phi) is 4.49. The van der Waals surface area contributed by atoms with Crippen molar-refractivity contribution in [1.29, 1.82) is 5.26 Å². The lowest BCUT2D eigenvalue weighted by Gasteiger charge is -2.21. The minimum atomic E-state index is -0.189. The van der Waals surface area contributed by atoms with Gasteiger partial charge in [0.2, 0.25) is 0 Å². The molecule has 0 fully saturated rings. The van der Waals surface area contributed by atoms with Gasteiger partial charge in [-0.05, 0) is 26.3 Å². The lowest BCUT2D eigenvalue weighted by Crippen LogP contribution is -2.34. The van der Waals surface area contributed by atoms with Crippen LogP contribution in [0.3, 0.4) is 0 Å². The minimum absolute atomic E-state index is 0.0855. The van der Waals surface area contributed by atoms with E-state index in [2.05, 4.69) is 6.07 Å². The second-order valence-electron chi connectivity index (χ2n) is 5.17. The second-order valence-corrected chi connectivity index (χ2v) is 6.19. The highest BCUT2D eigenvalue weighted by atomic mass is 32.1. The molecule has 110 valence electrons. The Balaban J connectivity index is 2.41. The maximum Gasteiger partial charge on any atom is 0.266 e. The van der Waals surface area contributed by atoms with Gasteiger partial charge in [-0.1, -0.05) is 18.2 Å². The van der Waals surface area contributed by atoms with Crippen molar-refractivity contribution in [2.75, 3.05) is 18.8 Å². The summed E-state index contributed by atoms with van der Waals surface area (Å²) in [5.74, 6) is -0.274. The molecule has 0 saturated heterocycles. The zero-order valence-corrected chi connectivity index (χ0v) is 13.3. The van der Waals surface area contributed by atoms with Gasteiger partial charge in [0.05, 0.1) is 17.7 Å². The van der Waals surface area contributed by atoms with Crippen LogP contribution in [0.25, 0.3) is 10.1 Å². The number of anilines is 1. The van der Waals surface area contributed by atoms with Gasteiger partial charge in [0.1, 0.15) is 4.88 Å². The van der Waals surface area contributed by atoms with Crippen LogP contribution in [0.5, 0.6) is 0 Å². The number of nitrogens with zero attached hydrogens (tertiary/aromatic N) is 2. The molecule has 2 aromatic rings. The summed E-state index contributed by atoms with van der Waals surface area (Å²) in [6.07, 6.45) is 0. The standard InChI is InChI=1S/C16H19N3OS/c1-4-19(9-10(2)8-17)16(20)15-13(18)12-7-5-6-11(3)14(12)21-15/h5-7,10H,4,9,18H2,1-3H3. The quantitative estimate of drug-likeness (QED) is 0.940. The molecule has 0 aliphatic rings. The summed E-state index contributed by atoms with van der Waals surface area (Å²) in [4.78, 5) is 14.9. The summed E-state index contributed by atoms with van der Waals surface area (Å²) in [6.45, 7) is 6.74. The molecule has 2 N–H and O–H groups in total. The molecule has 1 heterocycles. The number of aryl methyl sites for hydroxylation is 1. The highest BCUT2D eigenvalue weighted by molar-refractivity contribution is 7.21. The van der Waals surface area contributed by atoms with E-state index in [0.29, 0.717) is 23.7 Å². The van der Waals surface area contributed by atoms with Crippen molar-refractivity contribution in [3.8, 4) is 6.07 Å². The van der Waals surface area contributed by atoms with Crippen molar-refractivity contribution in [2.45, 2.75) is 20.8 Å². The van der Waals surface area contributed by atoms with Gasteiger partial charge >= 0.3 is 0 Å². The van der Waals surface area contributed by atoms with Gasteiger partial charge in [-0.25, -0.2) is 0 Å². The fraction of sp³-hybridized carbons (Fsp3) is 0.375. The second kappa shape index (κ2) is 6.15. The van der Waals surface area contributed by atoms with Crippen LogP contribution in [0.4, 0.5) is 5.69 Å². The first-order valence-electron chi connectivity index (χ1n) is 6.96. The Bertz CT molecular complexity index is 714. The summed E-state index contributed by atoms with van der Waals surface area (Å²) in [7, 11) is 0. The van der Waals surface area contributed by atoms with Gasteiger partial charge in [0, 0.05) is 23.2 Å². The lowest BCUT2D eigenvalue weighted by molar-refractivity contribution is 0.0758.